The van der Waals surface area contributed by atoms with Gasteiger partial charge in [-0.05, 0) is 45.4 Å². The van der Waals surface area contributed by atoms with Crippen molar-refractivity contribution in [2.75, 3.05) is 0 Å². The molecule has 0 aliphatic rings. The lowest BCUT2D eigenvalue weighted by Crippen LogP contribution is -2.10. The first-order chi connectivity index (χ1) is 11.4. The van der Waals surface area contributed by atoms with Gasteiger partial charge in [0, 0.05) is 39.7 Å². The smallest absolute Gasteiger partial charge is 0.132 e. The number of Topliss-reactive ketones (excluding diaryl/α,β-unsaturated/α-hetero) is 1. The number of carbonyl (C=O) groups is 1. The van der Waals surface area contributed by atoms with Gasteiger partial charge in [0.1, 0.15) is 5.78 Å². The highest BCUT2D eigenvalue weighted by Gasteiger charge is 2.18. The molecule has 2 rings (SSSR count). The van der Waals surface area contributed by atoms with Gasteiger partial charge in [0.25, 0.3) is 0 Å². The molecule has 2 aromatic rings. The Kier molecular flexibility index (Phi) is 5.88. The Morgan fingerprint density at radius 2 is 2.12 bits per heavy atom. The van der Waals surface area contributed by atoms with Crippen LogP contribution in [0.4, 0.5) is 0 Å². The molecule has 5 heteroatoms. The minimum atomic E-state index is -0.225. The Labute approximate surface area is 146 Å². The Bertz CT molecular complexity index is 836. The fraction of sp³-hybridized carbons (Fsp3) is 0.316. The van der Waals surface area contributed by atoms with Gasteiger partial charge in [-0.1, -0.05) is 5.92 Å². The normalized spacial score (nSPS) is 12.4. The van der Waals surface area contributed by atoms with E-state index >= 15 is 0 Å². The fourth-order valence-electron chi connectivity index (χ4n) is 2.48. The van der Waals surface area contributed by atoms with Crippen LogP contribution >= 0.6 is 11.3 Å². The second kappa shape index (κ2) is 7.89. The van der Waals surface area contributed by atoms with E-state index in [1.165, 1.54) is 0 Å². The number of nitrogens with zero attached hydrogens (tertiary/aromatic N) is 2. The van der Waals surface area contributed by atoms with Gasteiger partial charge >= 0.3 is 0 Å². The molecule has 2 N–H and O–H groups in total. The molecule has 124 valence electrons. The number of rotatable bonds is 5. The average Bonchev–Trinajstić information content (AvgIpc) is 2.88. The molecule has 0 amide bonds. The third-order valence-corrected chi connectivity index (χ3v) is 4.58. The maximum Gasteiger partial charge on any atom is 0.132 e. The molecule has 0 spiro atoms. The highest BCUT2D eigenvalue weighted by Crippen LogP contribution is 2.36. The quantitative estimate of drug-likeness (QED) is 0.510. The Morgan fingerprint density at radius 1 is 1.38 bits per heavy atom. The van der Waals surface area contributed by atoms with Gasteiger partial charge in [-0.15, -0.1) is 17.3 Å². The van der Waals surface area contributed by atoms with Crippen LogP contribution < -0.4 is 5.73 Å². The summed E-state index contributed by atoms with van der Waals surface area (Å²) in [7, 11) is 0. The molecule has 2 heterocycles. The summed E-state index contributed by atoms with van der Waals surface area (Å²) in [5.74, 6) is 6.49. The first kappa shape index (κ1) is 17.9. The first-order valence-electron chi connectivity index (χ1n) is 7.68. The highest BCUT2D eigenvalue weighted by atomic mass is 32.1. The summed E-state index contributed by atoms with van der Waals surface area (Å²) in [6.45, 7) is 7.18. The Morgan fingerprint density at radius 3 is 2.75 bits per heavy atom. The maximum absolute atomic E-state index is 11.6. The minimum absolute atomic E-state index is 0.0967. The van der Waals surface area contributed by atoms with Gasteiger partial charge in [-0.25, -0.2) is 0 Å². The van der Waals surface area contributed by atoms with Crippen molar-refractivity contribution in [1.29, 1.82) is 0 Å². The summed E-state index contributed by atoms with van der Waals surface area (Å²) < 4.78 is 0. The number of aliphatic imine (C=N–C) groups is 1. The van der Waals surface area contributed by atoms with E-state index in [2.05, 4.69) is 34.8 Å². The van der Waals surface area contributed by atoms with E-state index in [4.69, 9.17) is 5.73 Å². The summed E-state index contributed by atoms with van der Waals surface area (Å²) in [6, 6.07) is 3.89. The van der Waals surface area contributed by atoms with Crippen LogP contribution in [0.5, 0.6) is 0 Å². The number of nitrogens with two attached hydrogens (primary N) is 1. The molecule has 0 saturated carbocycles. The van der Waals surface area contributed by atoms with Crippen LogP contribution in [0.2, 0.25) is 0 Å². The standard InChI is InChI=1S/C19H21N3OS/c1-5-6-15-8-16(11-21-10-15)17-9-19(24-13(17)3)18(7-12(2)23)22-14(4)20/h8-11,18H,7H2,1-4H3,(H2,20,22). The lowest BCUT2D eigenvalue weighted by molar-refractivity contribution is -0.117. The predicted molar refractivity (Wildman–Crippen MR) is 100 cm³/mol. The molecule has 1 atom stereocenters. The number of aryl methyl sites for hydroxylation is 1. The summed E-state index contributed by atoms with van der Waals surface area (Å²) in [5.41, 5.74) is 8.74. The first-order valence-corrected chi connectivity index (χ1v) is 8.50. The number of thiophene rings is 1. The predicted octanol–water partition coefficient (Wildman–Crippen LogP) is 3.89. The fourth-order valence-corrected chi connectivity index (χ4v) is 3.57. The van der Waals surface area contributed by atoms with Crippen LogP contribution in [-0.2, 0) is 4.79 Å². The molecule has 0 bridgehead atoms. The maximum atomic E-state index is 11.6. The molecule has 1 unspecified atom stereocenters. The minimum Gasteiger partial charge on any atom is -0.388 e. The zero-order valence-corrected chi connectivity index (χ0v) is 15.2. The van der Waals surface area contributed by atoms with Crippen molar-refractivity contribution in [3.8, 4) is 23.0 Å². The topological polar surface area (TPSA) is 68.3 Å². The average molecular weight is 339 g/mol. The summed E-state index contributed by atoms with van der Waals surface area (Å²) in [4.78, 5) is 22.5. The van der Waals surface area contributed by atoms with Gasteiger partial charge in [-0.2, -0.15) is 0 Å². The monoisotopic (exact) mass is 339 g/mol. The number of aromatic nitrogens is 1. The van der Waals surface area contributed by atoms with Crippen LogP contribution in [0.15, 0.2) is 29.5 Å². The van der Waals surface area contributed by atoms with Crippen molar-refractivity contribution in [1.82, 2.24) is 4.98 Å². The molecule has 0 fully saturated rings. The van der Waals surface area contributed by atoms with Crippen molar-refractivity contribution in [2.24, 2.45) is 10.7 Å². The molecule has 24 heavy (non-hydrogen) atoms. The van der Waals surface area contributed by atoms with Crippen molar-refractivity contribution >= 4 is 23.0 Å². The zero-order valence-electron chi connectivity index (χ0n) is 14.4. The summed E-state index contributed by atoms with van der Waals surface area (Å²) in [6.07, 6.45) is 3.94. The molecular formula is C19H21N3OS. The van der Waals surface area contributed by atoms with Gasteiger partial charge in [-0.3, -0.25) is 14.8 Å². The number of ketones is 1. The number of hydrogen-bond donors (Lipinski definition) is 1. The highest BCUT2D eigenvalue weighted by molar-refractivity contribution is 7.12. The molecular weight excluding hydrogens is 318 g/mol. The van der Waals surface area contributed by atoms with Gasteiger partial charge < -0.3 is 5.73 Å². The number of amidine groups is 1. The van der Waals surface area contributed by atoms with E-state index in [1.807, 2.05) is 12.3 Å². The molecule has 0 radical (unpaired) electrons. The van der Waals surface area contributed by atoms with Gasteiger partial charge in [0.2, 0.25) is 0 Å². The molecule has 0 saturated heterocycles. The number of carbonyl (C=O) groups excluding carboxylic acids is 1. The van der Waals surface area contributed by atoms with Crippen LogP contribution in [0.25, 0.3) is 11.1 Å². The Balaban J connectivity index is 2.44. The molecule has 0 aromatic carbocycles. The van der Waals surface area contributed by atoms with Crippen LogP contribution in [0.1, 0.15) is 48.6 Å². The van der Waals surface area contributed by atoms with E-state index in [0.29, 0.717) is 12.3 Å². The van der Waals surface area contributed by atoms with E-state index in [1.54, 1.807) is 38.3 Å². The molecule has 0 aliphatic heterocycles. The number of pyridine rings is 1. The lowest BCUT2D eigenvalue weighted by Gasteiger charge is -2.09. The van der Waals surface area contributed by atoms with E-state index in [9.17, 15) is 4.79 Å². The van der Waals surface area contributed by atoms with Gasteiger partial charge in [0.05, 0.1) is 11.9 Å². The Hall–Kier alpha value is -2.45. The van der Waals surface area contributed by atoms with Gasteiger partial charge in [0.15, 0.2) is 0 Å². The lowest BCUT2D eigenvalue weighted by atomic mass is 10.0. The largest absolute Gasteiger partial charge is 0.388 e. The van der Waals surface area contributed by atoms with Crippen molar-refractivity contribution in [3.05, 3.63) is 39.8 Å². The second-order valence-corrected chi connectivity index (χ2v) is 6.94. The number of hydrogen-bond acceptors (Lipinski definition) is 4. The molecule has 2 aromatic heterocycles. The molecule has 0 aliphatic carbocycles. The van der Waals surface area contributed by atoms with Crippen molar-refractivity contribution < 1.29 is 4.79 Å². The van der Waals surface area contributed by atoms with Crippen LogP contribution in [0, 0.1) is 18.8 Å². The van der Waals surface area contributed by atoms with E-state index in [0.717, 1.165) is 26.4 Å². The summed E-state index contributed by atoms with van der Waals surface area (Å²) >= 11 is 1.64. The molecule has 4 nitrogen and oxygen atoms in total. The second-order valence-electron chi connectivity index (χ2n) is 5.65. The van der Waals surface area contributed by atoms with Crippen molar-refractivity contribution in [2.45, 2.75) is 40.2 Å². The third-order valence-electron chi connectivity index (χ3n) is 3.42. The van der Waals surface area contributed by atoms with Crippen molar-refractivity contribution in [3.63, 3.8) is 0 Å². The SMILES string of the molecule is CC#Cc1cncc(-c2cc(C(CC(C)=O)N=C(C)N)sc2C)c1. The van der Waals surface area contributed by atoms with Crippen LogP contribution in [-0.4, -0.2) is 16.6 Å². The van der Waals surface area contributed by atoms with Crippen LogP contribution in [0.3, 0.4) is 0 Å². The zero-order chi connectivity index (χ0) is 17.7. The van der Waals surface area contributed by atoms with E-state index in [-0.39, 0.29) is 11.8 Å². The van der Waals surface area contributed by atoms with E-state index < -0.39 is 0 Å². The third kappa shape index (κ3) is 4.53. The summed E-state index contributed by atoms with van der Waals surface area (Å²) in [5, 5.41) is 0.